The Hall–Kier alpha value is -2.74. The molecule has 0 N–H and O–H groups in total. The Bertz CT molecular complexity index is 1050. The summed E-state index contributed by atoms with van der Waals surface area (Å²) in [4.78, 5) is 7.19. The molecule has 2 fully saturated rings. The van der Waals surface area contributed by atoms with Crippen LogP contribution >= 0.6 is 0 Å². The van der Waals surface area contributed by atoms with Gasteiger partial charge >= 0.3 is 6.01 Å². The van der Waals surface area contributed by atoms with Gasteiger partial charge in [0.1, 0.15) is 0 Å². The van der Waals surface area contributed by atoms with E-state index in [0.29, 0.717) is 24.4 Å². The van der Waals surface area contributed by atoms with Gasteiger partial charge in [-0.3, -0.25) is 4.21 Å². The van der Waals surface area contributed by atoms with E-state index in [0.717, 1.165) is 47.7 Å². The highest BCUT2D eigenvalue weighted by Crippen LogP contribution is 2.50. The summed E-state index contributed by atoms with van der Waals surface area (Å²) >= 11 is 0. The fourth-order valence-electron chi connectivity index (χ4n) is 4.68. The summed E-state index contributed by atoms with van der Waals surface area (Å²) in [5.41, 5.74) is 0.954. The van der Waals surface area contributed by atoms with Crippen molar-refractivity contribution in [3.05, 3.63) is 48.7 Å². The average Bonchev–Trinajstić information content (AvgIpc) is 3.43. The monoisotopic (exact) mass is 452 g/mol. The van der Waals surface area contributed by atoms with Gasteiger partial charge in [-0.1, -0.05) is 23.3 Å². The summed E-state index contributed by atoms with van der Waals surface area (Å²) in [5.74, 6) is 3.52. The van der Waals surface area contributed by atoms with E-state index in [1.54, 1.807) is 18.5 Å². The summed E-state index contributed by atoms with van der Waals surface area (Å²) < 4.78 is 23.1. The van der Waals surface area contributed by atoms with Gasteiger partial charge in [0.15, 0.2) is 0 Å². The molecule has 7 nitrogen and oxygen atoms in total. The van der Waals surface area contributed by atoms with Crippen LogP contribution in [-0.4, -0.2) is 45.3 Å². The van der Waals surface area contributed by atoms with E-state index < -0.39 is 10.8 Å². The topological polar surface area (TPSA) is 81.4 Å². The largest absolute Gasteiger partial charge is 0.478 e. The third-order valence-electron chi connectivity index (χ3n) is 6.61. The first-order valence-electron chi connectivity index (χ1n) is 11.2. The highest BCUT2D eigenvalue weighted by atomic mass is 32.2. The van der Waals surface area contributed by atoms with Crippen LogP contribution in [0.4, 0.5) is 6.01 Å². The zero-order valence-corrected chi connectivity index (χ0v) is 19.0. The molecule has 3 aromatic rings. The number of pyridine rings is 1. The van der Waals surface area contributed by atoms with Crippen LogP contribution in [0, 0.1) is 17.8 Å². The minimum Gasteiger partial charge on any atom is -0.478 e. The van der Waals surface area contributed by atoms with Crippen molar-refractivity contribution in [1.29, 1.82) is 0 Å². The highest BCUT2D eigenvalue weighted by molar-refractivity contribution is 7.84. The van der Waals surface area contributed by atoms with Crippen molar-refractivity contribution in [1.82, 2.24) is 15.2 Å². The zero-order valence-electron chi connectivity index (χ0n) is 18.2. The van der Waals surface area contributed by atoms with Crippen LogP contribution in [0.1, 0.15) is 25.7 Å². The van der Waals surface area contributed by atoms with Crippen LogP contribution in [0.5, 0.6) is 5.88 Å². The molecule has 2 aliphatic rings. The maximum Gasteiger partial charge on any atom is 0.318 e. The van der Waals surface area contributed by atoms with E-state index in [1.807, 2.05) is 36.4 Å². The molecule has 3 atom stereocenters. The Labute approximate surface area is 190 Å². The molecular weight excluding hydrogens is 424 g/mol. The van der Waals surface area contributed by atoms with E-state index >= 15 is 0 Å². The summed E-state index contributed by atoms with van der Waals surface area (Å²) in [6.07, 6.45) is 7.99. The predicted octanol–water partition coefficient (Wildman–Crippen LogP) is 4.19. The number of nitrogens with zero attached hydrogens (tertiary/aromatic N) is 4. The normalized spacial score (nSPS) is 22.0. The van der Waals surface area contributed by atoms with Gasteiger partial charge in [0, 0.05) is 37.2 Å². The van der Waals surface area contributed by atoms with Crippen LogP contribution in [0.25, 0.3) is 11.5 Å². The lowest BCUT2D eigenvalue weighted by molar-refractivity contribution is 0.275. The lowest BCUT2D eigenvalue weighted by Gasteiger charge is -2.30. The molecule has 1 saturated heterocycles. The van der Waals surface area contributed by atoms with Crippen molar-refractivity contribution in [3.8, 4) is 17.3 Å². The van der Waals surface area contributed by atoms with Crippen molar-refractivity contribution >= 4 is 16.8 Å². The lowest BCUT2D eigenvalue weighted by Crippen LogP contribution is -2.34. The fourth-order valence-corrected chi connectivity index (χ4v) is 5.14. The molecule has 0 radical (unpaired) electrons. The third-order valence-corrected chi connectivity index (χ3v) is 7.51. The van der Waals surface area contributed by atoms with Gasteiger partial charge in [-0.2, -0.15) is 0 Å². The van der Waals surface area contributed by atoms with E-state index in [-0.39, 0.29) is 0 Å². The van der Waals surface area contributed by atoms with Gasteiger partial charge in [0.2, 0.25) is 11.8 Å². The maximum atomic E-state index is 11.4. The second-order valence-electron chi connectivity index (χ2n) is 8.66. The smallest absolute Gasteiger partial charge is 0.318 e. The molecule has 1 saturated carbocycles. The number of hydrogen-bond acceptors (Lipinski definition) is 7. The number of ether oxygens (including phenoxy) is 1. The van der Waals surface area contributed by atoms with Gasteiger partial charge in [0.05, 0.1) is 22.3 Å². The molecule has 0 spiro atoms. The second kappa shape index (κ2) is 9.40. The van der Waals surface area contributed by atoms with E-state index in [9.17, 15) is 4.21 Å². The van der Waals surface area contributed by atoms with Gasteiger partial charge in [-0.25, -0.2) is 4.98 Å². The molecular formula is C24H28N4O3S. The van der Waals surface area contributed by atoms with Gasteiger partial charge < -0.3 is 14.1 Å². The summed E-state index contributed by atoms with van der Waals surface area (Å²) in [6, 6.07) is 14.2. The van der Waals surface area contributed by atoms with Crippen molar-refractivity contribution in [2.24, 2.45) is 17.8 Å². The molecule has 8 heteroatoms. The van der Waals surface area contributed by atoms with E-state index in [1.165, 1.54) is 19.3 Å². The Morgan fingerprint density at radius 1 is 1.12 bits per heavy atom. The molecule has 3 heterocycles. The van der Waals surface area contributed by atoms with Crippen LogP contribution in [0.2, 0.25) is 0 Å². The number of piperidine rings is 1. The third kappa shape index (κ3) is 4.85. The minimum absolute atomic E-state index is 0.581. The van der Waals surface area contributed by atoms with Crippen LogP contribution in [0.3, 0.4) is 0 Å². The number of rotatable bonds is 8. The molecule has 2 aromatic heterocycles. The summed E-state index contributed by atoms with van der Waals surface area (Å²) in [7, 11) is -1.01. The molecule has 0 amide bonds. The second-order valence-corrected chi connectivity index (χ2v) is 10.0. The average molecular weight is 453 g/mol. The van der Waals surface area contributed by atoms with E-state index in [4.69, 9.17) is 9.15 Å². The molecule has 168 valence electrons. The Morgan fingerprint density at radius 3 is 2.66 bits per heavy atom. The van der Waals surface area contributed by atoms with Crippen molar-refractivity contribution in [2.75, 3.05) is 30.9 Å². The number of aromatic nitrogens is 3. The molecule has 32 heavy (non-hydrogen) atoms. The summed E-state index contributed by atoms with van der Waals surface area (Å²) in [5, 5.41) is 8.49. The van der Waals surface area contributed by atoms with Crippen LogP contribution in [0.15, 0.2) is 58.0 Å². The van der Waals surface area contributed by atoms with Crippen molar-refractivity contribution in [3.63, 3.8) is 0 Å². The number of benzene rings is 1. The van der Waals surface area contributed by atoms with E-state index in [2.05, 4.69) is 20.1 Å². The Morgan fingerprint density at radius 2 is 1.94 bits per heavy atom. The summed E-state index contributed by atoms with van der Waals surface area (Å²) in [6.45, 7) is 2.62. The maximum absolute atomic E-state index is 11.4. The minimum atomic E-state index is -1.01. The first-order valence-corrected chi connectivity index (χ1v) is 12.8. The standard InChI is InChI=1S/C24H28N4O3S/c1-32(29)20-7-8-22(25-16-20)30-14-11-19-15-21(19)17-9-12-28(13-10-17)24-27-26-23(31-24)18-5-3-2-4-6-18/h2-8,16-17,19,21H,9-15H2,1H3. The zero-order chi connectivity index (χ0) is 21.9. The first kappa shape index (κ1) is 21.1. The quantitative estimate of drug-likeness (QED) is 0.507. The number of hydrogen-bond donors (Lipinski definition) is 0. The van der Waals surface area contributed by atoms with Crippen molar-refractivity contribution in [2.45, 2.75) is 30.6 Å². The SMILES string of the molecule is CS(=O)c1ccc(OCCC2CC2C2CCN(c3nnc(-c4ccccc4)o3)CC2)nc1. The predicted molar refractivity (Wildman–Crippen MR) is 123 cm³/mol. The fraction of sp³-hybridized carbons (Fsp3) is 0.458. The molecule has 5 rings (SSSR count). The van der Waals surface area contributed by atoms with Gasteiger partial charge in [0.25, 0.3) is 0 Å². The first-order chi connectivity index (χ1) is 15.7. The Balaban J connectivity index is 1.05. The number of anilines is 1. The molecule has 0 bridgehead atoms. The van der Waals surface area contributed by atoms with Crippen molar-refractivity contribution < 1.29 is 13.4 Å². The lowest BCUT2D eigenvalue weighted by atomic mass is 9.91. The van der Waals surface area contributed by atoms with Gasteiger partial charge in [-0.05, 0) is 61.6 Å². The molecule has 1 aromatic carbocycles. The highest BCUT2D eigenvalue weighted by Gasteiger charge is 2.43. The van der Waals surface area contributed by atoms with Crippen LogP contribution in [-0.2, 0) is 10.8 Å². The molecule has 1 aliphatic heterocycles. The molecule has 3 unspecified atom stereocenters. The Kier molecular flexibility index (Phi) is 6.21. The van der Waals surface area contributed by atoms with Gasteiger partial charge in [-0.15, -0.1) is 5.10 Å². The molecule has 1 aliphatic carbocycles. The van der Waals surface area contributed by atoms with Crippen LogP contribution < -0.4 is 9.64 Å².